The van der Waals surface area contributed by atoms with Crippen LogP contribution >= 0.6 is 34.8 Å². The average molecular weight is 269 g/mol. The maximum atomic E-state index is 11.8. The van der Waals surface area contributed by atoms with E-state index in [0.717, 1.165) is 11.3 Å². The lowest BCUT2D eigenvalue weighted by molar-refractivity contribution is -0.140. The van der Waals surface area contributed by atoms with Gasteiger partial charge in [-0.1, -0.05) is 47.0 Å². The second-order valence-corrected chi connectivity index (χ2v) is 5.84. The molecule has 2 atom stereocenters. The first-order valence-corrected chi connectivity index (χ1v) is 5.67. The van der Waals surface area contributed by atoms with Gasteiger partial charge in [0, 0.05) is 0 Å². The van der Waals surface area contributed by atoms with Crippen LogP contribution in [0.3, 0.4) is 0 Å². The number of alkyl halides is 3. The summed E-state index contributed by atoms with van der Waals surface area (Å²) in [5.74, 6) is -1.59. The Bertz CT molecular complexity index is 348. The summed E-state index contributed by atoms with van der Waals surface area (Å²) >= 11 is 16.8. The molecule has 82 valence electrons. The highest BCUT2D eigenvalue weighted by atomic mass is 35.6. The quantitative estimate of drug-likeness (QED) is 0.292. The van der Waals surface area contributed by atoms with Gasteiger partial charge in [-0.2, -0.15) is 0 Å². The first kappa shape index (κ1) is 11.2. The van der Waals surface area contributed by atoms with Gasteiger partial charge in [0.05, 0.1) is 11.8 Å². The van der Waals surface area contributed by atoms with Gasteiger partial charge in [-0.25, -0.2) is 4.90 Å². The van der Waals surface area contributed by atoms with Crippen LogP contribution in [0.25, 0.3) is 0 Å². The van der Waals surface area contributed by atoms with Gasteiger partial charge in [0.2, 0.25) is 11.8 Å². The Labute approximate surface area is 102 Å². The molecule has 1 saturated heterocycles. The van der Waals surface area contributed by atoms with Gasteiger partial charge in [0.25, 0.3) is 3.92 Å². The molecule has 1 aliphatic heterocycles. The molecule has 0 bridgehead atoms. The molecular formula is C9H8Cl3NO2. The minimum absolute atomic E-state index is 0.349. The smallest absolute Gasteiger partial charge is 0.274 e. The third-order valence-electron chi connectivity index (χ3n) is 2.72. The average Bonchev–Trinajstić information content (AvgIpc) is 2.39. The van der Waals surface area contributed by atoms with Gasteiger partial charge in [0.1, 0.15) is 0 Å². The SMILES string of the molecule is O=C1C2C=CCCC2C(=O)N1C(Cl)(Cl)Cl. The molecule has 0 radical (unpaired) electrons. The highest BCUT2D eigenvalue weighted by molar-refractivity contribution is 6.68. The first-order chi connectivity index (χ1) is 6.93. The van der Waals surface area contributed by atoms with Gasteiger partial charge in [-0.3, -0.25) is 9.59 Å². The summed E-state index contributed by atoms with van der Waals surface area (Å²) in [7, 11) is 0. The molecule has 2 aliphatic rings. The highest BCUT2D eigenvalue weighted by Crippen LogP contribution is 2.42. The number of allylic oxidation sites excluding steroid dienone is 1. The first-order valence-electron chi connectivity index (χ1n) is 4.54. The molecule has 2 rings (SSSR count). The van der Waals surface area contributed by atoms with E-state index in [4.69, 9.17) is 34.8 Å². The van der Waals surface area contributed by atoms with Crippen molar-refractivity contribution in [2.75, 3.05) is 0 Å². The normalized spacial score (nSPS) is 31.0. The summed E-state index contributed by atoms with van der Waals surface area (Å²) in [5, 5.41) is 0. The van der Waals surface area contributed by atoms with Crippen LogP contribution in [0.15, 0.2) is 12.2 Å². The van der Waals surface area contributed by atoms with Gasteiger partial charge < -0.3 is 0 Å². The molecule has 1 fully saturated rings. The second-order valence-electron chi connectivity index (χ2n) is 3.62. The van der Waals surface area contributed by atoms with Crippen LogP contribution in [-0.2, 0) is 9.59 Å². The number of carbonyl (C=O) groups excluding carboxylic acids is 2. The Kier molecular flexibility index (Phi) is 2.73. The Morgan fingerprint density at radius 3 is 2.47 bits per heavy atom. The molecule has 0 aromatic heterocycles. The van der Waals surface area contributed by atoms with E-state index >= 15 is 0 Å². The third kappa shape index (κ3) is 1.77. The summed E-state index contributed by atoms with van der Waals surface area (Å²) in [6.45, 7) is 0. The van der Waals surface area contributed by atoms with Crippen molar-refractivity contribution in [1.29, 1.82) is 0 Å². The zero-order valence-corrected chi connectivity index (χ0v) is 9.89. The molecular weight excluding hydrogens is 260 g/mol. The van der Waals surface area contributed by atoms with Crippen LogP contribution < -0.4 is 0 Å². The van der Waals surface area contributed by atoms with E-state index in [2.05, 4.69) is 0 Å². The van der Waals surface area contributed by atoms with Crippen molar-refractivity contribution in [2.45, 2.75) is 16.8 Å². The molecule has 6 heteroatoms. The summed E-state index contributed by atoms with van der Waals surface area (Å²) in [4.78, 5) is 24.4. The van der Waals surface area contributed by atoms with Crippen molar-refractivity contribution in [3.63, 3.8) is 0 Å². The van der Waals surface area contributed by atoms with E-state index in [-0.39, 0.29) is 11.8 Å². The predicted octanol–water partition coefficient (Wildman–Crippen LogP) is 2.27. The Hall–Kier alpha value is -0.250. The minimum atomic E-state index is -1.97. The summed E-state index contributed by atoms with van der Waals surface area (Å²) in [6, 6.07) is 0. The minimum Gasteiger partial charge on any atom is -0.274 e. The standard InChI is InChI=1S/C9H8Cl3NO2/c10-9(11,12)13-7(14)5-3-1-2-4-6(5)8(13)15/h1,3,5-6H,2,4H2. The monoisotopic (exact) mass is 267 g/mol. The number of halogens is 3. The van der Waals surface area contributed by atoms with Crippen LogP contribution in [0.5, 0.6) is 0 Å². The van der Waals surface area contributed by atoms with Gasteiger partial charge >= 0.3 is 0 Å². The van der Waals surface area contributed by atoms with Gasteiger partial charge in [-0.15, -0.1) is 0 Å². The Morgan fingerprint density at radius 2 is 1.93 bits per heavy atom. The maximum Gasteiger partial charge on any atom is 0.276 e. The second kappa shape index (κ2) is 3.65. The third-order valence-corrected chi connectivity index (χ3v) is 3.23. The molecule has 0 N–H and O–H groups in total. The fourth-order valence-corrected chi connectivity index (χ4v) is 2.54. The van der Waals surface area contributed by atoms with Crippen molar-refractivity contribution in [1.82, 2.24) is 4.90 Å². The zero-order chi connectivity index (χ0) is 11.2. The number of amides is 2. The summed E-state index contributed by atoms with van der Waals surface area (Å²) in [6.07, 6.45) is 5.04. The molecule has 2 unspecified atom stereocenters. The largest absolute Gasteiger partial charge is 0.276 e. The number of likely N-dealkylation sites (tertiary alicyclic amines) is 1. The van der Waals surface area contributed by atoms with Crippen LogP contribution in [0.4, 0.5) is 0 Å². The summed E-state index contributed by atoms with van der Waals surface area (Å²) < 4.78 is -1.97. The van der Waals surface area contributed by atoms with Crippen molar-refractivity contribution in [2.24, 2.45) is 11.8 Å². The Morgan fingerprint density at radius 1 is 1.27 bits per heavy atom. The molecule has 0 aromatic rings. The van der Waals surface area contributed by atoms with Crippen LogP contribution in [0.2, 0.25) is 0 Å². The fourth-order valence-electron chi connectivity index (χ4n) is 2.04. The predicted molar refractivity (Wildman–Crippen MR) is 57.5 cm³/mol. The molecule has 0 aromatic carbocycles. The lowest BCUT2D eigenvalue weighted by Gasteiger charge is -2.22. The topological polar surface area (TPSA) is 37.4 Å². The number of carbonyl (C=O) groups is 2. The Balaban J connectivity index is 2.35. The van der Waals surface area contributed by atoms with E-state index in [1.54, 1.807) is 6.08 Å². The van der Waals surface area contributed by atoms with Crippen molar-refractivity contribution < 1.29 is 9.59 Å². The number of hydrogen-bond acceptors (Lipinski definition) is 2. The highest BCUT2D eigenvalue weighted by Gasteiger charge is 2.53. The molecule has 15 heavy (non-hydrogen) atoms. The number of imide groups is 1. The fraction of sp³-hybridized carbons (Fsp3) is 0.556. The van der Waals surface area contributed by atoms with Crippen LogP contribution in [0.1, 0.15) is 12.8 Å². The van der Waals surface area contributed by atoms with Gasteiger partial charge in [-0.05, 0) is 12.8 Å². The van der Waals surface area contributed by atoms with E-state index in [1.165, 1.54) is 0 Å². The number of rotatable bonds is 0. The van der Waals surface area contributed by atoms with E-state index in [9.17, 15) is 9.59 Å². The number of nitrogens with zero attached hydrogens (tertiary/aromatic N) is 1. The van der Waals surface area contributed by atoms with Crippen LogP contribution in [-0.4, -0.2) is 20.6 Å². The zero-order valence-electron chi connectivity index (χ0n) is 7.62. The van der Waals surface area contributed by atoms with Gasteiger partial charge in [0.15, 0.2) is 0 Å². The molecule has 3 nitrogen and oxygen atoms in total. The van der Waals surface area contributed by atoms with E-state index < -0.39 is 15.7 Å². The molecule has 0 saturated carbocycles. The summed E-state index contributed by atoms with van der Waals surface area (Å²) in [5.41, 5.74) is 0. The molecule has 1 aliphatic carbocycles. The molecule has 0 spiro atoms. The number of fused-ring (bicyclic) bond motifs is 1. The van der Waals surface area contributed by atoms with Crippen LogP contribution in [0, 0.1) is 11.8 Å². The van der Waals surface area contributed by atoms with Crippen molar-refractivity contribution in [3.8, 4) is 0 Å². The van der Waals surface area contributed by atoms with Crippen molar-refractivity contribution in [3.05, 3.63) is 12.2 Å². The van der Waals surface area contributed by atoms with Crippen molar-refractivity contribution >= 4 is 46.6 Å². The lowest BCUT2D eigenvalue weighted by Crippen LogP contribution is -2.40. The maximum absolute atomic E-state index is 11.8. The molecule has 1 heterocycles. The van der Waals surface area contributed by atoms with E-state index in [0.29, 0.717) is 6.42 Å². The van der Waals surface area contributed by atoms with E-state index in [1.807, 2.05) is 6.08 Å². The lowest BCUT2D eigenvalue weighted by atomic mass is 9.86. The number of hydrogen-bond donors (Lipinski definition) is 0. The molecule has 2 amide bonds.